The van der Waals surface area contributed by atoms with Gasteiger partial charge in [0.2, 0.25) is 0 Å². The summed E-state index contributed by atoms with van der Waals surface area (Å²) in [5, 5.41) is 8.45. The van der Waals surface area contributed by atoms with Crippen molar-refractivity contribution < 1.29 is 0 Å². The summed E-state index contributed by atoms with van der Waals surface area (Å²) < 4.78 is 1.67. The number of aromatic nitrogens is 5. The Morgan fingerprint density at radius 3 is 2.84 bits per heavy atom. The first kappa shape index (κ1) is 20.3. The number of nitrogen functional groups attached to an aromatic ring is 1. The Balaban J connectivity index is 1.34. The Bertz CT molecular complexity index is 1260. The van der Waals surface area contributed by atoms with Gasteiger partial charge in [0.25, 0.3) is 0 Å². The third-order valence-corrected chi connectivity index (χ3v) is 7.82. The van der Waals surface area contributed by atoms with Gasteiger partial charge in [-0.1, -0.05) is 48.5 Å². The number of nitrogens with two attached hydrogens (primary N) is 1. The van der Waals surface area contributed by atoms with E-state index in [1.165, 1.54) is 47.0 Å². The van der Waals surface area contributed by atoms with E-state index in [-0.39, 0.29) is 5.69 Å². The van der Waals surface area contributed by atoms with Crippen LogP contribution in [0.15, 0.2) is 40.3 Å². The number of aryl methyl sites for hydroxylation is 3. The fourth-order valence-electron chi connectivity index (χ4n) is 4.10. The summed E-state index contributed by atoms with van der Waals surface area (Å²) in [7, 11) is 0. The number of H-pyrrole nitrogens is 1. The molecule has 3 aromatic heterocycles. The summed E-state index contributed by atoms with van der Waals surface area (Å²) in [4.78, 5) is 24.0. The van der Waals surface area contributed by atoms with Crippen LogP contribution in [-0.2, 0) is 31.6 Å². The van der Waals surface area contributed by atoms with Crippen molar-refractivity contribution in [2.45, 2.75) is 56.0 Å². The average Bonchev–Trinajstić information content (AvgIpc) is 3.22. The molecule has 0 amide bonds. The van der Waals surface area contributed by atoms with Crippen molar-refractivity contribution in [3.8, 4) is 0 Å². The molecule has 0 aliphatic heterocycles. The molecule has 5 rings (SSSR count). The lowest BCUT2D eigenvalue weighted by Crippen LogP contribution is -2.18. The largest absolute Gasteiger partial charge is 0.383 e. The molecule has 160 valence electrons. The zero-order chi connectivity index (χ0) is 21.2. The fourth-order valence-corrected chi connectivity index (χ4v) is 6.21. The van der Waals surface area contributed by atoms with E-state index >= 15 is 0 Å². The third-order valence-electron chi connectivity index (χ3n) is 5.66. The van der Waals surface area contributed by atoms with E-state index in [2.05, 4.69) is 27.3 Å². The van der Waals surface area contributed by atoms with Gasteiger partial charge in [0.15, 0.2) is 5.16 Å². The number of thiophene rings is 1. The number of hydrogen-bond donors (Lipinski definition) is 2. The zero-order valence-corrected chi connectivity index (χ0v) is 18.8. The number of thioether (sulfide) groups is 1. The minimum absolute atomic E-state index is 0.198. The van der Waals surface area contributed by atoms with Gasteiger partial charge in [0, 0.05) is 11.4 Å². The summed E-state index contributed by atoms with van der Waals surface area (Å²) in [6.45, 7) is 0.571. The fraction of sp³-hybridized carbons (Fsp3) is 0.364. The maximum atomic E-state index is 12.2. The van der Waals surface area contributed by atoms with E-state index in [0.29, 0.717) is 29.1 Å². The number of rotatable bonds is 6. The first-order valence-electron chi connectivity index (χ1n) is 10.6. The number of hydrogen-bond acceptors (Lipinski definition) is 7. The van der Waals surface area contributed by atoms with Crippen LogP contribution in [-0.4, -0.2) is 24.7 Å². The lowest BCUT2D eigenvalue weighted by atomic mass is 10.1. The SMILES string of the molecule is Nc1nc(CSc2n[nH]c(=O)n2CCc2ccccc2)nc2sc3c(c12)CCCCC3. The van der Waals surface area contributed by atoms with Crippen LogP contribution in [0.25, 0.3) is 10.2 Å². The van der Waals surface area contributed by atoms with Crippen LogP contribution in [0.5, 0.6) is 0 Å². The molecule has 1 aliphatic carbocycles. The molecular weight excluding hydrogens is 428 g/mol. The van der Waals surface area contributed by atoms with E-state index in [9.17, 15) is 4.79 Å². The van der Waals surface area contributed by atoms with E-state index in [0.717, 1.165) is 29.5 Å². The minimum atomic E-state index is -0.198. The van der Waals surface area contributed by atoms with Crippen molar-refractivity contribution in [1.29, 1.82) is 0 Å². The molecule has 3 heterocycles. The van der Waals surface area contributed by atoms with Gasteiger partial charge in [-0.2, -0.15) is 0 Å². The molecule has 0 bridgehead atoms. The molecule has 0 radical (unpaired) electrons. The first-order chi connectivity index (χ1) is 15.2. The zero-order valence-electron chi connectivity index (χ0n) is 17.1. The van der Waals surface area contributed by atoms with Gasteiger partial charge in [0.1, 0.15) is 16.5 Å². The summed E-state index contributed by atoms with van der Waals surface area (Å²) >= 11 is 3.21. The maximum Gasteiger partial charge on any atom is 0.343 e. The average molecular weight is 453 g/mol. The number of aromatic amines is 1. The van der Waals surface area contributed by atoms with Crippen LogP contribution >= 0.6 is 23.1 Å². The molecule has 0 unspecified atom stereocenters. The quantitative estimate of drug-likeness (QED) is 0.339. The maximum absolute atomic E-state index is 12.2. The second-order valence-corrected chi connectivity index (χ2v) is 9.78. The Labute approximate surface area is 188 Å². The summed E-state index contributed by atoms with van der Waals surface area (Å²) in [5.74, 6) is 1.76. The standard InChI is InChI=1S/C22H24N6OS2/c23-19-18-15-9-5-2-6-10-16(15)31-20(18)25-17(24-19)13-30-22-27-26-21(29)28(22)12-11-14-7-3-1-4-8-14/h1,3-4,7-8H,2,5-6,9-13H2,(H,26,29)(H2,23,24,25). The van der Waals surface area contributed by atoms with Gasteiger partial charge in [0.05, 0.1) is 11.1 Å². The number of nitrogens with zero attached hydrogens (tertiary/aromatic N) is 4. The highest BCUT2D eigenvalue weighted by molar-refractivity contribution is 7.98. The van der Waals surface area contributed by atoms with E-state index in [1.807, 2.05) is 18.2 Å². The van der Waals surface area contributed by atoms with Gasteiger partial charge < -0.3 is 5.73 Å². The third kappa shape index (κ3) is 4.24. The summed E-state index contributed by atoms with van der Waals surface area (Å²) in [6, 6.07) is 10.1. The van der Waals surface area contributed by atoms with Gasteiger partial charge in [-0.25, -0.2) is 19.9 Å². The summed E-state index contributed by atoms with van der Waals surface area (Å²) in [5.41, 5.74) is 8.71. The minimum Gasteiger partial charge on any atom is -0.383 e. The molecule has 3 N–H and O–H groups in total. The molecule has 9 heteroatoms. The molecule has 0 saturated heterocycles. The smallest absolute Gasteiger partial charge is 0.343 e. The van der Waals surface area contributed by atoms with Crippen LogP contribution in [0.4, 0.5) is 5.82 Å². The van der Waals surface area contributed by atoms with Gasteiger partial charge >= 0.3 is 5.69 Å². The van der Waals surface area contributed by atoms with E-state index < -0.39 is 0 Å². The van der Waals surface area contributed by atoms with E-state index in [4.69, 9.17) is 10.7 Å². The second-order valence-electron chi connectivity index (χ2n) is 7.76. The van der Waals surface area contributed by atoms with Gasteiger partial charge in [-0.05, 0) is 43.2 Å². The molecule has 0 atom stereocenters. The number of anilines is 1. The predicted molar refractivity (Wildman–Crippen MR) is 126 cm³/mol. The van der Waals surface area contributed by atoms with E-state index in [1.54, 1.807) is 15.9 Å². The lowest BCUT2D eigenvalue weighted by molar-refractivity contribution is 0.615. The van der Waals surface area contributed by atoms with Crippen molar-refractivity contribution in [3.05, 3.63) is 62.6 Å². The van der Waals surface area contributed by atoms with Gasteiger partial charge in [-0.3, -0.25) is 4.57 Å². The first-order valence-corrected chi connectivity index (χ1v) is 12.4. The molecule has 0 saturated carbocycles. The number of fused-ring (bicyclic) bond motifs is 3. The van der Waals surface area contributed by atoms with Crippen molar-refractivity contribution in [2.75, 3.05) is 5.73 Å². The number of nitrogens with one attached hydrogen (secondary N) is 1. The monoisotopic (exact) mass is 452 g/mol. The lowest BCUT2D eigenvalue weighted by Gasteiger charge is -2.06. The molecule has 1 aromatic carbocycles. The second kappa shape index (κ2) is 8.84. The van der Waals surface area contributed by atoms with Crippen LogP contribution in [0.1, 0.15) is 41.1 Å². The number of benzene rings is 1. The molecule has 31 heavy (non-hydrogen) atoms. The predicted octanol–water partition coefficient (Wildman–Crippen LogP) is 3.96. The molecule has 4 aromatic rings. The Morgan fingerprint density at radius 1 is 1.13 bits per heavy atom. The highest BCUT2D eigenvalue weighted by Crippen LogP contribution is 2.37. The van der Waals surface area contributed by atoms with Crippen molar-refractivity contribution in [2.24, 2.45) is 0 Å². The highest BCUT2D eigenvalue weighted by atomic mass is 32.2. The van der Waals surface area contributed by atoms with Crippen molar-refractivity contribution in [3.63, 3.8) is 0 Å². The van der Waals surface area contributed by atoms with Crippen molar-refractivity contribution >= 4 is 39.1 Å². The van der Waals surface area contributed by atoms with Crippen LogP contribution in [0, 0.1) is 0 Å². The molecular formula is C22H24N6OS2. The topological polar surface area (TPSA) is 102 Å². The molecule has 7 nitrogen and oxygen atoms in total. The molecule has 1 aliphatic rings. The molecule has 0 spiro atoms. The summed E-state index contributed by atoms with van der Waals surface area (Å²) in [6.07, 6.45) is 6.65. The van der Waals surface area contributed by atoms with Gasteiger partial charge in [-0.15, -0.1) is 16.4 Å². The van der Waals surface area contributed by atoms with Crippen molar-refractivity contribution in [1.82, 2.24) is 24.7 Å². The molecule has 0 fully saturated rings. The van der Waals surface area contributed by atoms with Crippen LogP contribution in [0.2, 0.25) is 0 Å². The normalized spacial score (nSPS) is 13.9. The Kier molecular flexibility index (Phi) is 5.78. The van der Waals surface area contributed by atoms with Crippen LogP contribution < -0.4 is 11.4 Å². The van der Waals surface area contributed by atoms with Crippen LogP contribution in [0.3, 0.4) is 0 Å². The highest BCUT2D eigenvalue weighted by Gasteiger charge is 2.19. The Hall–Kier alpha value is -2.65. The Morgan fingerprint density at radius 2 is 1.97 bits per heavy atom.